The van der Waals surface area contributed by atoms with E-state index in [-0.39, 0.29) is 0 Å². The highest BCUT2D eigenvalue weighted by Gasteiger charge is 2.22. The highest BCUT2D eigenvalue weighted by molar-refractivity contribution is 5.27. The molecule has 20 heavy (non-hydrogen) atoms. The van der Waals surface area contributed by atoms with E-state index in [4.69, 9.17) is 4.74 Å². The molecule has 2 rings (SSSR count). The Morgan fingerprint density at radius 1 is 1.25 bits per heavy atom. The normalized spacial score (nSPS) is 20.3. The number of benzene rings is 1. The Balaban J connectivity index is 1.93. The zero-order valence-electron chi connectivity index (χ0n) is 13.1. The first-order chi connectivity index (χ1) is 9.69. The van der Waals surface area contributed by atoms with E-state index in [9.17, 15) is 0 Å². The summed E-state index contributed by atoms with van der Waals surface area (Å²) in [5.74, 6) is 0.936. The van der Waals surface area contributed by atoms with Crippen LogP contribution in [0.25, 0.3) is 0 Å². The zero-order chi connectivity index (χ0) is 14.4. The monoisotopic (exact) mass is 276 g/mol. The molecular weight excluding hydrogens is 248 g/mol. The van der Waals surface area contributed by atoms with Crippen molar-refractivity contribution in [2.24, 2.45) is 0 Å². The summed E-state index contributed by atoms with van der Waals surface area (Å²) in [5, 5.41) is 3.59. The molecular formula is C17H28N2O. The Morgan fingerprint density at radius 2 is 2.00 bits per heavy atom. The first kappa shape index (κ1) is 15.3. The molecule has 1 aromatic rings. The summed E-state index contributed by atoms with van der Waals surface area (Å²) in [6.45, 7) is 7.81. The van der Waals surface area contributed by atoms with Crippen LogP contribution in [-0.4, -0.2) is 37.2 Å². The smallest absolute Gasteiger partial charge is 0.118 e. The van der Waals surface area contributed by atoms with Crippen molar-refractivity contribution in [2.75, 3.05) is 20.2 Å². The van der Waals surface area contributed by atoms with Crippen LogP contribution in [0.5, 0.6) is 5.75 Å². The molecule has 0 aliphatic carbocycles. The van der Waals surface area contributed by atoms with Gasteiger partial charge in [0.1, 0.15) is 5.75 Å². The van der Waals surface area contributed by atoms with Gasteiger partial charge in [-0.25, -0.2) is 0 Å². The number of nitrogens with zero attached hydrogens (tertiary/aromatic N) is 1. The third-order valence-corrected chi connectivity index (χ3v) is 4.06. The van der Waals surface area contributed by atoms with E-state index in [2.05, 4.69) is 48.3 Å². The van der Waals surface area contributed by atoms with Gasteiger partial charge in [-0.1, -0.05) is 32.4 Å². The van der Waals surface area contributed by atoms with Gasteiger partial charge >= 0.3 is 0 Å². The molecule has 0 amide bonds. The second-order valence-corrected chi connectivity index (χ2v) is 6.03. The fraction of sp³-hybridized carbons (Fsp3) is 0.647. The Kier molecular flexibility index (Phi) is 5.86. The van der Waals surface area contributed by atoms with Crippen molar-refractivity contribution < 1.29 is 4.74 Å². The van der Waals surface area contributed by atoms with Crippen LogP contribution < -0.4 is 10.1 Å². The number of methoxy groups -OCH3 is 1. The lowest BCUT2D eigenvalue weighted by Gasteiger charge is -2.36. The largest absolute Gasteiger partial charge is 0.497 e. The van der Waals surface area contributed by atoms with Crippen molar-refractivity contribution in [3.63, 3.8) is 0 Å². The van der Waals surface area contributed by atoms with E-state index in [1.807, 2.05) is 0 Å². The fourth-order valence-corrected chi connectivity index (χ4v) is 2.84. The van der Waals surface area contributed by atoms with Crippen molar-refractivity contribution in [3.8, 4) is 5.75 Å². The Labute approximate surface area is 123 Å². The van der Waals surface area contributed by atoms with E-state index >= 15 is 0 Å². The van der Waals surface area contributed by atoms with Gasteiger partial charge in [0, 0.05) is 25.2 Å². The van der Waals surface area contributed by atoms with Gasteiger partial charge in [-0.05, 0) is 37.1 Å². The second-order valence-electron chi connectivity index (χ2n) is 6.03. The molecule has 0 aromatic heterocycles. The Hall–Kier alpha value is -1.06. The van der Waals surface area contributed by atoms with Crippen LogP contribution in [0.2, 0.25) is 0 Å². The number of rotatable bonds is 6. The summed E-state index contributed by atoms with van der Waals surface area (Å²) in [7, 11) is 1.72. The summed E-state index contributed by atoms with van der Waals surface area (Å²) in [5.41, 5.74) is 1.38. The summed E-state index contributed by atoms with van der Waals surface area (Å²) >= 11 is 0. The number of piperidine rings is 1. The van der Waals surface area contributed by atoms with E-state index in [0.717, 1.165) is 18.8 Å². The summed E-state index contributed by atoms with van der Waals surface area (Å²) < 4.78 is 5.22. The molecule has 1 aliphatic rings. The summed E-state index contributed by atoms with van der Waals surface area (Å²) in [6, 6.07) is 9.72. The highest BCUT2D eigenvalue weighted by atomic mass is 16.5. The molecule has 3 heteroatoms. The van der Waals surface area contributed by atoms with E-state index < -0.39 is 0 Å². The predicted molar refractivity (Wildman–Crippen MR) is 84.2 cm³/mol. The van der Waals surface area contributed by atoms with Crippen molar-refractivity contribution >= 4 is 0 Å². The molecule has 1 aliphatic heterocycles. The molecule has 1 N–H and O–H groups in total. The molecule has 1 saturated heterocycles. The maximum atomic E-state index is 5.22. The number of ether oxygens (including phenoxy) is 1. The second kappa shape index (κ2) is 7.65. The quantitative estimate of drug-likeness (QED) is 0.864. The van der Waals surface area contributed by atoms with E-state index in [0.29, 0.717) is 12.1 Å². The Morgan fingerprint density at radius 3 is 2.65 bits per heavy atom. The molecule has 1 aromatic carbocycles. The standard InChI is InChI=1S/C17H28N2O/c1-14(2)18-12-16-6-4-5-11-19(16)13-15-7-9-17(20-3)10-8-15/h7-10,14,16,18H,4-6,11-13H2,1-3H3. The van der Waals surface area contributed by atoms with Crippen LogP contribution in [0, 0.1) is 0 Å². The van der Waals surface area contributed by atoms with Crippen LogP contribution in [-0.2, 0) is 6.54 Å². The van der Waals surface area contributed by atoms with Gasteiger partial charge in [-0.3, -0.25) is 4.90 Å². The number of nitrogens with one attached hydrogen (secondary N) is 1. The zero-order valence-corrected chi connectivity index (χ0v) is 13.1. The maximum Gasteiger partial charge on any atom is 0.118 e. The number of likely N-dealkylation sites (tertiary alicyclic amines) is 1. The van der Waals surface area contributed by atoms with Crippen LogP contribution in [0.3, 0.4) is 0 Å². The third-order valence-electron chi connectivity index (χ3n) is 4.06. The van der Waals surface area contributed by atoms with Crippen molar-refractivity contribution in [1.82, 2.24) is 10.2 Å². The minimum atomic E-state index is 0.569. The SMILES string of the molecule is COc1ccc(CN2CCCCC2CNC(C)C)cc1. The molecule has 1 unspecified atom stereocenters. The van der Waals surface area contributed by atoms with Crippen LogP contribution in [0.4, 0.5) is 0 Å². The minimum Gasteiger partial charge on any atom is -0.497 e. The molecule has 0 saturated carbocycles. The van der Waals surface area contributed by atoms with Crippen LogP contribution in [0.1, 0.15) is 38.7 Å². The van der Waals surface area contributed by atoms with Gasteiger partial charge in [0.05, 0.1) is 7.11 Å². The third kappa shape index (κ3) is 4.50. The lowest BCUT2D eigenvalue weighted by Crippen LogP contribution is -2.46. The van der Waals surface area contributed by atoms with Crippen molar-refractivity contribution in [1.29, 1.82) is 0 Å². The maximum absolute atomic E-state index is 5.22. The molecule has 1 heterocycles. The van der Waals surface area contributed by atoms with Crippen LogP contribution >= 0.6 is 0 Å². The van der Waals surface area contributed by atoms with Gasteiger partial charge in [0.15, 0.2) is 0 Å². The first-order valence-electron chi connectivity index (χ1n) is 7.79. The number of hydrogen-bond donors (Lipinski definition) is 1. The van der Waals surface area contributed by atoms with Gasteiger partial charge in [0.2, 0.25) is 0 Å². The molecule has 3 nitrogen and oxygen atoms in total. The Bertz CT molecular complexity index is 388. The van der Waals surface area contributed by atoms with Gasteiger partial charge in [-0.15, -0.1) is 0 Å². The average Bonchev–Trinajstić information content (AvgIpc) is 2.47. The molecule has 1 fully saturated rings. The lowest BCUT2D eigenvalue weighted by molar-refractivity contribution is 0.135. The molecule has 0 radical (unpaired) electrons. The average molecular weight is 276 g/mol. The molecule has 112 valence electrons. The van der Waals surface area contributed by atoms with Crippen molar-refractivity contribution in [2.45, 2.75) is 51.7 Å². The first-order valence-corrected chi connectivity index (χ1v) is 7.79. The van der Waals surface area contributed by atoms with E-state index in [1.54, 1.807) is 7.11 Å². The minimum absolute atomic E-state index is 0.569. The molecule has 1 atom stereocenters. The number of hydrogen-bond acceptors (Lipinski definition) is 3. The fourth-order valence-electron chi connectivity index (χ4n) is 2.84. The van der Waals surface area contributed by atoms with Gasteiger partial charge in [0.25, 0.3) is 0 Å². The molecule has 0 bridgehead atoms. The topological polar surface area (TPSA) is 24.5 Å². The molecule has 0 spiro atoms. The van der Waals surface area contributed by atoms with E-state index in [1.165, 1.54) is 31.4 Å². The predicted octanol–water partition coefficient (Wildman–Crippen LogP) is 3.05. The summed E-state index contributed by atoms with van der Waals surface area (Å²) in [6.07, 6.45) is 4.01. The highest BCUT2D eigenvalue weighted by Crippen LogP contribution is 2.20. The van der Waals surface area contributed by atoms with Crippen molar-refractivity contribution in [3.05, 3.63) is 29.8 Å². The lowest BCUT2D eigenvalue weighted by atomic mass is 10.0. The van der Waals surface area contributed by atoms with Gasteiger partial charge < -0.3 is 10.1 Å². The summed E-state index contributed by atoms with van der Waals surface area (Å²) in [4.78, 5) is 2.63. The van der Waals surface area contributed by atoms with Gasteiger partial charge in [-0.2, -0.15) is 0 Å². The van der Waals surface area contributed by atoms with Crippen LogP contribution in [0.15, 0.2) is 24.3 Å².